The van der Waals surface area contributed by atoms with Gasteiger partial charge in [-0.05, 0) is 19.5 Å². The van der Waals surface area contributed by atoms with Gasteiger partial charge in [-0.3, -0.25) is 0 Å². The lowest BCUT2D eigenvalue weighted by molar-refractivity contribution is 0.194. The minimum absolute atomic E-state index is 0.128. The summed E-state index contributed by atoms with van der Waals surface area (Å²) in [5.74, 6) is 0. The van der Waals surface area contributed by atoms with E-state index in [9.17, 15) is 4.79 Å². The Balaban J connectivity index is 2.08. The van der Waals surface area contributed by atoms with Gasteiger partial charge in [0.15, 0.2) is 0 Å². The number of aryl methyl sites for hydroxylation is 1. The van der Waals surface area contributed by atoms with Crippen LogP contribution in [0, 0.1) is 6.92 Å². The second-order valence-corrected chi connectivity index (χ2v) is 4.91. The van der Waals surface area contributed by atoms with E-state index in [4.69, 9.17) is 0 Å². The van der Waals surface area contributed by atoms with Crippen LogP contribution in [-0.4, -0.2) is 49.6 Å². The van der Waals surface area contributed by atoms with Crippen molar-refractivity contribution in [3.63, 3.8) is 0 Å². The van der Waals surface area contributed by atoms with Gasteiger partial charge in [-0.25, -0.2) is 4.79 Å². The van der Waals surface area contributed by atoms with E-state index < -0.39 is 0 Å². The second kappa shape index (κ2) is 5.40. The number of nitrogens with zero attached hydrogens (tertiary/aromatic N) is 2. The molecule has 4 nitrogen and oxygen atoms in total. The van der Waals surface area contributed by atoms with Gasteiger partial charge in [-0.15, -0.1) is 0 Å². The van der Waals surface area contributed by atoms with Crippen molar-refractivity contribution in [2.75, 3.05) is 33.7 Å². The highest BCUT2D eigenvalue weighted by molar-refractivity contribution is 5.76. The highest BCUT2D eigenvalue weighted by Gasteiger charge is 2.27. The van der Waals surface area contributed by atoms with Gasteiger partial charge in [0, 0.05) is 32.7 Å². The third kappa shape index (κ3) is 2.64. The minimum atomic E-state index is 0.128. The molecule has 1 saturated heterocycles. The summed E-state index contributed by atoms with van der Waals surface area (Å²) in [7, 11) is 3.79. The average Bonchev–Trinajstić information content (AvgIpc) is 2.67. The Morgan fingerprint density at radius 3 is 2.72 bits per heavy atom. The van der Waals surface area contributed by atoms with E-state index in [1.54, 1.807) is 4.90 Å². The van der Waals surface area contributed by atoms with E-state index in [-0.39, 0.29) is 12.1 Å². The van der Waals surface area contributed by atoms with Gasteiger partial charge in [-0.2, -0.15) is 0 Å². The van der Waals surface area contributed by atoms with Crippen LogP contribution in [0.15, 0.2) is 24.3 Å². The molecule has 98 valence electrons. The number of rotatable bonds is 4. The summed E-state index contributed by atoms with van der Waals surface area (Å²) < 4.78 is 0. The molecular weight excluding hydrogens is 226 g/mol. The number of nitrogens with one attached hydrogen (secondary N) is 1. The molecule has 1 aliphatic rings. The van der Waals surface area contributed by atoms with Crippen LogP contribution in [-0.2, 0) is 0 Å². The fourth-order valence-corrected chi connectivity index (χ4v) is 2.34. The van der Waals surface area contributed by atoms with Crippen LogP contribution >= 0.6 is 0 Å². The van der Waals surface area contributed by atoms with E-state index in [0.29, 0.717) is 0 Å². The van der Waals surface area contributed by atoms with Gasteiger partial charge >= 0.3 is 6.03 Å². The fraction of sp³-hybridized carbons (Fsp3) is 0.500. The molecule has 1 fully saturated rings. The Kier molecular flexibility index (Phi) is 3.87. The molecule has 1 heterocycles. The van der Waals surface area contributed by atoms with E-state index in [1.807, 2.05) is 19.0 Å². The van der Waals surface area contributed by atoms with Crippen LogP contribution in [0.5, 0.6) is 0 Å². The first-order valence-corrected chi connectivity index (χ1v) is 6.35. The first-order chi connectivity index (χ1) is 8.61. The fourth-order valence-electron chi connectivity index (χ4n) is 2.34. The van der Waals surface area contributed by atoms with Gasteiger partial charge in [0.05, 0.1) is 0 Å². The molecule has 1 atom stereocenters. The van der Waals surface area contributed by atoms with Crippen LogP contribution in [0.25, 0.3) is 0 Å². The minimum Gasteiger partial charge on any atom is -0.326 e. The molecule has 18 heavy (non-hydrogen) atoms. The number of carbonyl (C=O) groups is 1. The molecule has 2 rings (SSSR count). The lowest BCUT2D eigenvalue weighted by Crippen LogP contribution is -2.36. The third-order valence-corrected chi connectivity index (χ3v) is 3.50. The number of amides is 2. The van der Waals surface area contributed by atoms with Crippen LogP contribution in [0.3, 0.4) is 0 Å². The summed E-state index contributed by atoms with van der Waals surface area (Å²) in [5.41, 5.74) is 2.48. The van der Waals surface area contributed by atoms with E-state index >= 15 is 0 Å². The summed E-state index contributed by atoms with van der Waals surface area (Å²) in [5, 5.41) is 3.30. The molecule has 2 amide bonds. The molecule has 4 heteroatoms. The molecule has 1 aromatic rings. The Bertz CT molecular complexity index is 433. The zero-order chi connectivity index (χ0) is 13.1. The Labute approximate surface area is 109 Å². The van der Waals surface area contributed by atoms with Crippen molar-refractivity contribution in [2.24, 2.45) is 0 Å². The van der Waals surface area contributed by atoms with Gasteiger partial charge < -0.3 is 15.1 Å². The first-order valence-electron chi connectivity index (χ1n) is 6.35. The van der Waals surface area contributed by atoms with E-state index in [0.717, 1.165) is 19.6 Å². The molecule has 1 N–H and O–H groups in total. The Morgan fingerprint density at radius 1 is 1.39 bits per heavy atom. The summed E-state index contributed by atoms with van der Waals surface area (Å²) in [6, 6.07) is 8.75. The SMILES string of the molecule is CNC(CN1CCN(C)C1=O)c1cccc(C)c1. The normalized spacial score (nSPS) is 17.4. The van der Waals surface area contributed by atoms with Crippen LogP contribution in [0.2, 0.25) is 0 Å². The topological polar surface area (TPSA) is 35.6 Å². The predicted molar refractivity (Wildman–Crippen MR) is 72.6 cm³/mol. The predicted octanol–water partition coefficient (Wildman–Crippen LogP) is 1.62. The van der Waals surface area contributed by atoms with Crippen molar-refractivity contribution in [3.05, 3.63) is 35.4 Å². The van der Waals surface area contributed by atoms with E-state index in [2.05, 4.69) is 36.5 Å². The highest BCUT2D eigenvalue weighted by atomic mass is 16.2. The summed E-state index contributed by atoms with van der Waals surface area (Å²) in [6.45, 7) is 4.45. The van der Waals surface area contributed by atoms with Crippen LogP contribution in [0.1, 0.15) is 17.2 Å². The number of carbonyl (C=O) groups excluding carboxylic acids is 1. The first kappa shape index (κ1) is 12.9. The third-order valence-electron chi connectivity index (χ3n) is 3.50. The van der Waals surface area contributed by atoms with E-state index in [1.165, 1.54) is 11.1 Å². The maximum atomic E-state index is 11.9. The van der Waals surface area contributed by atoms with Crippen molar-refractivity contribution >= 4 is 6.03 Å². The molecular formula is C14H21N3O. The quantitative estimate of drug-likeness (QED) is 0.877. The van der Waals surface area contributed by atoms with Gasteiger partial charge in [0.2, 0.25) is 0 Å². The molecule has 1 aromatic carbocycles. The monoisotopic (exact) mass is 247 g/mol. The van der Waals surface area contributed by atoms with Gasteiger partial charge in [0.25, 0.3) is 0 Å². The lowest BCUT2D eigenvalue weighted by Gasteiger charge is -2.23. The molecule has 0 bridgehead atoms. The van der Waals surface area contributed by atoms with Gasteiger partial charge in [0.1, 0.15) is 0 Å². The van der Waals surface area contributed by atoms with Gasteiger partial charge in [-0.1, -0.05) is 29.8 Å². The standard InChI is InChI=1S/C14H21N3O/c1-11-5-4-6-12(9-11)13(15-2)10-17-8-7-16(3)14(17)18/h4-6,9,13,15H,7-8,10H2,1-3H3. The van der Waals surface area contributed by atoms with Crippen molar-refractivity contribution < 1.29 is 4.79 Å². The summed E-state index contributed by atoms with van der Waals surface area (Å²) in [4.78, 5) is 15.6. The molecule has 0 aliphatic carbocycles. The van der Waals surface area contributed by atoms with Crippen molar-refractivity contribution in [1.29, 1.82) is 0 Å². The molecule has 0 radical (unpaired) electrons. The smallest absolute Gasteiger partial charge is 0.319 e. The average molecular weight is 247 g/mol. The number of urea groups is 1. The summed E-state index contributed by atoms with van der Waals surface area (Å²) in [6.07, 6.45) is 0. The largest absolute Gasteiger partial charge is 0.326 e. The van der Waals surface area contributed by atoms with Crippen molar-refractivity contribution in [2.45, 2.75) is 13.0 Å². The molecule has 0 spiro atoms. The zero-order valence-corrected chi connectivity index (χ0v) is 11.3. The second-order valence-electron chi connectivity index (χ2n) is 4.91. The molecule has 0 saturated carbocycles. The number of hydrogen-bond acceptors (Lipinski definition) is 2. The zero-order valence-electron chi connectivity index (χ0n) is 11.3. The number of benzene rings is 1. The maximum absolute atomic E-state index is 11.9. The maximum Gasteiger partial charge on any atom is 0.319 e. The van der Waals surface area contributed by atoms with Crippen LogP contribution in [0.4, 0.5) is 4.79 Å². The van der Waals surface area contributed by atoms with Crippen LogP contribution < -0.4 is 5.32 Å². The highest BCUT2D eigenvalue weighted by Crippen LogP contribution is 2.18. The molecule has 1 aliphatic heterocycles. The Hall–Kier alpha value is -1.55. The van der Waals surface area contributed by atoms with Crippen molar-refractivity contribution in [1.82, 2.24) is 15.1 Å². The molecule has 1 unspecified atom stereocenters. The number of hydrogen-bond donors (Lipinski definition) is 1. The summed E-state index contributed by atoms with van der Waals surface area (Å²) >= 11 is 0. The molecule has 0 aromatic heterocycles. The van der Waals surface area contributed by atoms with Crippen molar-refractivity contribution in [3.8, 4) is 0 Å². The number of likely N-dealkylation sites (N-methyl/N-ethyl adjacent to an activating group) is 2. The Morgan fingerprint density at radius 2 is 2.17 bits per heavy atom. The lowest BCUT2D eigenvalue weighted by atomic mass is 10.0.